The lowest BCUT2D eigenvalue weighted by molar-refractivity contribution is -0.119. The Morgan fingerprint density at radius 2 is 1.97 bits per heavy atom. The van der Waals surface area contributed by atoms with Crippen LogP contribution in [0.25, 0.3) is 0 Å². The van der Waals surface area contributed by atoms with Gasteiger partial charge in [0.1, 0.15) is 17.3 Å². The second kappa shape index (κ2) is 9.32. The third-order valence-corrected chi connectivity index (χ3v) is 5.36. The Hall–Kier alpha value is -3.24. The van der Waals surface area contributed by atoms with Crippen LogP contribution in [-0.4, -0.2) is 51.7 Å². The molecule has 1 aliphatic rings. The molecule has 2 N–H and O–H groups in total. The molecule has 1 atom stereocenters. The fraction of sp³-hybridized carbons (Fsp3) is 0.455. The summed E-state index contributed by atoms with van der Waals surface area (Å²) in [5.74, 6) is -6.90. The van der Waals surface area contributed by atoms with E-state index in [1.54, 1.807) is 13.0 Å². The van der Waals surface area contributed by atoms with Gasteiger partial charge in [-0.1, -0.05) is 6.07 Å². The Bertz CT molecular complexity index is 1040. The highest BCUT2D eigenvalue weighted by atomic mass is 19.3. The first-order chi connectivity index (χ1) is 15.4. The number of carbonyl (C=O) groups excluding carboxylic acids is 2. The van der Waals surface area contributed by atoms with Crippen LogP contribution in [0.4, 0.5) is 29.2 Å². The Kier molecular flexibility index (Phi) is 6.89. The number of alkyl halides is 4. The molecular weight excluding hydrogens is 442 g/mol. The molecule has 0 unspecified atom stereocenters. The van der Waals surface area contributed by atoms with Crippen molar-refractivity contribution >= 4 is 23.5 Å². The molecule has 0 aliphatic carbocycles. The normalized spacial score (nSPS) is 18.0. The number of aromatic nitrogens is 2. The van der Waals surface area contributed by atoms with Crippen LogP contribution in [0.2, 0.25) is 0 Å². The van der Waals surface area contributed by atoms with Gasteiger partial charge in [0.05, 0.1) is 6.54 Å². The van der Waals surface area contributed by atoms with Crippen LogP contribution in [0.3, 0.4) is 0 Å². The van der Waals surface area contributed by atoms with Gasteiger partial charge in [-0.25, -0.2) is 27.5 Å². The first-order valence-corrected chi connectivity index (χ1v) is 10.4. The fourth-order valence-electron chi connectivity index (χ4n) is 3.56. The number of likely N-dealkylation sites (tertiary alicyclic amines) is 1. The highest BCUT2D eigenvalue weighted by molar-refractivity contribution is 5.94. The molecule has 1 saturated heterocycles. The molecule has 0 spiro atoms. The molecule has 178 valence electrons. The van der Waals surface area contributed by atoms with Gasteiger partial charge in [-0.05, 0) is 37.1 Å². The molecule has 0 bridgehead atoms. The molecule has 11 heteroatoms. The molecule has 2 aromatic rings. The van der Waals surface area contributed by atoms with Crippen molar-refractivity contribution < 1.29 is 27.2 Å². The highest BCUT2D eigenvalue weighted by Crippen LogP contribution is 2.32. The summed E-state index contributed by atoms with van der Waals surface area (Å²) in [6.07, 6.45) is 0.856. The van der Waals surface area contributed by atoms with E-state index in [4.69, 9.17) is 0 Å². The highest BCUT2D eigenvalue weighted by Gasteiger charge is 2.42. The second-order valence-corrected chi connectivity index (χ2v) is 8.22. The molecular formula is C22H25F4N5O2. The fourth-order valence-corrected chi connectivity index (χ4v) is 3.56. The second-order valence-electron chi connectivity index (χ2n) is 8.22. The van der Waals surface area contributed by atoms with Crippen LogP contribution in [0.5, 0.6) is 0 Å². The van der Waals surface area contributed by atoms with Gasteiger partial charge in [0.2, 0.25) is 5.91 Å². The quantitative estimate of drug-likeness (QED) is 0.627. The summed E-state index contributed by atoms with van der Waals surface area (Å²) in [6, 6.07) is 4.85. The van der Waals surface area contributed by atoms with Crippen molar-refractivity contribution in [3.05, 3.63) is 47.3 Å². The summed E-state index contributed by atoms with van der Waals surface area (Å²) < 4.78 is 55.5. The number of nitrogens with zero attached hydrogens (tertiary/aromatic N) is 3. The van der Waals surface area contributed by atoms with Gasteiger partial charge in [0.25, 0.3) is 17.8 Å². The van der Waals surface area contributed by atoms with Crippen LogP contribution in [-0.2, 0) is 10.7 Å². The molecule has 3 rings (SSSR count). The predicted molar refractivity (Wildman–Crippen MR) is 114 cm³/mol. The van der Waals surface area contributed by atoms with Crippen LogP contribution in [0.15, 0.2) is 30.5 Å². The van der Waals surface area contributed by atoms with Crippen molar-refractivity contribution in [2.45, 2.75) is 51.5 Å². The molecule has 3 heterocycles. The Labute approximate surface area is 188 Å². The number of piperidine rings is 1. The molecule has 0 radical (unpaired) electrons. The molecule has 0 saturated carbocycles. The maximum atomic E-state index is 14.1. The molecule has 1 aliphatic heterocycles. The number of amides is 2. The number of carbonyl (C=O) groups is 2. The van der Waals surface area contributed by atoms with Crippen molar-refractivity contribution in [1.82, 2.24) is 20.2 Å². The largest absolute Gasteiger partial charge is 0.354 e. The number of rotatable bonds is 6. The van der Waals surface area contributed by atoms with Gasteiger partial charge in [-0.3, -0.25) is 9.59 Å². The number of halogens is 4. The van der Waals surface area contributed by atoms with E-state index in [-0.39, 0.29) is 48.2 Å². The minimum Gasteiger partial charge on any atom is -0.354 e. The Morgan fingerprint density at radius 1 is 1.24 bits per heavy atom. The van der Waals surface area contributed by atoms with Crippen molar-refractivity contribution in [3.8, 4) is 0 Å². The average molecular weight is 467 g/mol. The summed E-state index contributed by atoms with van der Waals surface area (Å²) >= 11 is 0. The molecule has 0 aromatic carbocycles. The van der Waals surface area contributed by atoms with Crippen molar-refractivity contribution in [1.29, 1.82) is 0 Å². The summed E-state index contributed by atoms with van der Waals surface area (Å²) in [6.45, 7) is 2.95. The standard InChI is InChI=1S/C22H25F4N5O2/c1-13-4-5-17(29-18-10-15(7-9-27-18)21(3,23)24)30-19(13)20(33)31-12-22(25,26)8-6-16(31)11-28-14(2)32/h4-5,7,9-10,16H,6,8,11-12H2,1-3H3,(H,28,32)(H,27,29,30)/t16-/m1/s1. The SMILES string of the molecule is CC(=O)NC[C@H]1CCC(F)(F)CN1C(=O)c1nc(Nc2cc(C(C)(F)F)ccn2)ccc1C. The van der Waals surface area contributed by atoms with E-state index in [1.807, 2.05) is 0 Å². The zero-order chi connectivity index (χ0) is 24.4. The Morgan fingerprint density at radius 3 is 2.64 bits per heavy atom. The van der Waals surface area contributed by atoms with Crippen LogP contribution in [0, 0.1) is 6.92 Å². The first-order valence-electron chi connectivity index (χ1n) is 10.4. The van der Waals surface area contributed by atoms with E-state index < -0.39 is 30.3 Å². The van der Waals surface area contributed by atoms with Crippen molar-refractivity contribution in [2.75, 3.05) is 18.4 Å². The Balaban J connectivity index is 1.87. The third-order valence-electron chi connectivity index (χ3n) is 5.36. The maximum Gasteiger partial charge on any atom is 0.273 e. The minimum absolute atomic E-state index is 0.0257. The summed E-state index contributed by atoms with van der Waals surface area (Å²) in [4.78, 5) is 33.8. The summed E-state index contributed by atoms with van der Waals surface area (Å²) in [5.41, 5.74) is 0.154. The van der Waals surface area contributed by atoms with E-state index in [1.165, 1.54) is 25.3 Å². The van der Waals surface area contributed by atoms with E-state index in [9.17, 15) is 27.2 Å². The zero-order valence-corrected chi connectivity index (χ0v) is 18.5. The molecule has 2 aromatic heterocycles. The minimum atomic E-state index is -3.07. The van der Waals surface area contributed by atoms with E-state index in [2.05, 4.69) is 20.6 Å². The number of hydrogen-bond acceptors (Lipinski definition) is 5. The van der Waals surface area contributed by atoms with E-state index >= 15 is 0 Å². The number of aryl methyl sites for hydroxylation is 1. The van der Waals surface area contributed by atoms with Gasteiger partial charge in [-0.15, -0.1) is 0 Å². The third kappa shape index (κ3) is 6.17. The van der Waals surface area contributed by atoms with Gasteiger partial charge in [-0.2, -0.15) is 0 Å². The lowest BCUT2D eigenvalue weighted by atomic mass is 9.98. The van der Waals surface area contributed by atoms with Crippen molar-refractivity contribution in [3.63, 3.8) is 0 Å². The molecule has 7 nitrogen and oxygen atoms in total. The number of anilines is 2. The van der Waals surface area contributed by atoms with Crippen LogP contribution in [0.1, 0.15) is 48.3 Å². The predicted octanol–water partition coefficient (Wildman–Crippen LogP) is 4.02. The van der Waals surface area contributed by atoms with Crippen molar-refractivity contribution in [2.24, 2.45) is 0 Å². The zero-order valence-electron chi connectivity index (χ0n) is 18.5. The van der Waals surface area contributed by atoms with Gasteiger partial charge < -0.3 is 15.5 Å². The number of hydrogen-bond donors (Lipinski definition) is 2. The smallest absolute Gasteiger partial charge is 0.273 e. The topological polar surface area (TPSA) is 87.2 Å². The lowest BCUT2D eigenvalue weighted by Crippen LogP contribution is -2.55. The van der Waals surface area contributed by atoms with Gasteiger partial charge in [0, 0.05) is 44.6 Å². The van der Waals surface area contributed by atoms with E-state index in [0.29, 0.717) is 5.56 Å². The van der Waals surface area contributed by atoms with Gasteiger partial charge in [0.15, 0.2) is 0 Å². The number of pyridine rings is 2. The monoisotopic (exact) mass is 467 g/mol. The number of nitrogens with one attached hydrogen (secondary N) is 2. The van der Waals surface area contributed by atoms with Crippen LogP contribution >= 0.6 is 0 Å². The lowest BCUT2D eigenvalue weighted by Gasteiger charge is -2.39. The summed E-state index contributed by atoms with van der Waals surface area (Å²) in [5, 5.41) is 5.35. The molecule has 2 amide bonds. The maximum absolute atomic E-state index is 14.1. The molecule has 33 heavy (non-hydrogen) atoms. The first kappa shape index (κ1) is 24.4. The van der Waals surface area contributed by atoms with Crippen LogP contribution < -0.4 is 10.6 Å². The average Bonchev–Trinajstić information content (AvgIpc) is 2.73. The summed E-state index contributed by atoms with van der Waals surface area (Å²) in [7, 11) is 0. The molecule has 1 fully saturated rings. The van der Waals surface area contributed by atoms with Gasteiger partial charge >= 0.3 is 0 Å². The van der Waals surface area contributed by atoms with E-state index in [0.717, 1.165) is 17.9 Å².